The molecule has 2 fully saturated rings. The van der Waals surface area contributed by atoms with Gasteiger partial charge < -0.3 is 14.2 Å². The lowest BCUT2D eigenvalue weighted by atomic mass is 9.89. The number of piperidine rings is 1. The Balaban J connectivity index is 1.40. The molecule has 1 saturated carbocycles. The van der Waals surface area contributed by atoms with Crippen LogP contribution >= 0.6 is 0 Å². The number of nitrogens with zero attached hydrogens (tertiary/aromatic N) is 4. The fourth-order valence-electron chi connectivity index (χ4n) is 3.74. The summed E-state index contributed by atoms with van der Waals surface area (Å²) in [6.45, 7) is 5.69. The first-order valence-electron chi connectivity index (χ1n) is 9.06. The van der Waals surface area contributed by atoms with Crippen molar-refractivity contribution in [3.05, 3.63) is 35.7 Å². The van der Waals surface area contributed by atoms with Crippen LogP contribution < -0.4 is 0 Å². The Kier molecular flexibility index (Phi) is 4.18. The normalized spacial score (nSPS) is 25.2. The summed E-state index contributed by atoms with van der Waals surface area (Å²) in [5.74, 6) is 1.89. The number of aliphatic hydroxyl groups is 1. The zero-order valence-electron chi connectivity index (χ0n) is 14.3. The van der Waals surface area contributed by atoms with E-state index in [1.807, 2.05) is 0 Å². The van der Waals surface area contributed by atoms with Crippen LogP contribution in [0.25, 0.3) is 0 Å². The van der Waals surface area contributed by atoms with E-state index in [0.29, 0.717) is 24.8 Å². The molecule has 0 spiro atoms. The monoisotopic (exact) mass is 330 g/mol. The molecule has 0 amide bonds. The topological polar surface area (TPSA) is 67.3 Å². The van der Waals surface area contributed by atoms with Crippen molar-refractivity contribution in [1.82, 2.24) is 19.6 Å². The van der Waals surface area contributed by atoms with Gasteiger partial charge in [0.05, 0.1) is 12.0 Å². The molecule has 0 bridgehead atoms. The van der Waals surface area contributed by atoms with E-state index in [2.05, 4.69) is 44.9 Å². The number of aromatic nitrogens is 3. The van der Waals surface area contributed by atoms with Crippen LogP contribution in [0.3, 0.4) is 0 Å². The molecule has 0 aromatic carbocycles. The molecular formula is C18H26N4O2. The third-order valence-electron chi connectivity index (χ3n) is 5.19. The molecule has 1 unspecified atom stereocenters. The number of aryl methyl sites for hydroxylation is 1. The Morgan fingerprint density at radius 2 is 2.29 bits per heavy atom. The predicted molar refractivity (Wildman–Crippen MR) is 89.5 cm³/mol. The van der Waals surface area contributed by atoms with Crippen molar-refractivity contribution in [3.63, 3.8) is 0 Å². The van der Waals surface area contributed by atoms with Crippen molar-refractivity contribution in [3.8, 4) is 0 Å². The molecule has 3 heterocycles. The standard InChI is InChI=1S/C18H26N4O2/c1-2-22-10-3-5-15(22)12-21-9-4-8-18(23,13-21)11-16-19-17(20-24-16)14-6-7-14/h3,5,10,14,23H,2,4,6-9,11-13H2,1H3. The van der Waals surface area contributed by atoms with Gasteiger partial charge in [0, 0.05) is 37.4 Å². The lowest BCUT2D eigenvalue weighted by molar-refractivity contribution is -0.0378. The van der Waals surface area contributed by atoms with Crippen LogP contribution in [0.4, 0.5) is 0 Å². The number of likely N-dealkylation sites (tertiary alicyclic amines) is 1. The Hall–Kier alpha value is -1.66. The highest BCUT2D eigenvalue weighted by Crippen LogP contribution is 2.38. The van der Waals surface area contributed by atoms with Gasteiger partial charge in [-0.2, -0.15) is 4.98 Å². The summed E-state index contributed by atoms with van der Waals surface area (Å²) in [7, 11) is 0. The lowest BCUT2D eigenvalue weighted by Gasteiger charge is -2.38. The number of β-amino-alcohol motifs (C(OH)–C–C–N with tert-alkyl or cyclic N) is 1. The molecule has 2 aromatic heterocycles. The van der Waals surface area contributed by atoms with Crippen LogP contribution in [-0.4, -0.2) is 43.4 Å². The van der Waals surface area contributed by atoms with E-state index in [4.69, 9.17) is 4.52 Å². The first kappa shape index (κ1) is 15.8. The second-order valence-electron chi connectivity index (χ2n) is 7.32. The quantitative estimate of drug-likeness (QED) is 0.880. The maximum Gasteiger partial charge on any atom is 0.229 e. The fourth-order valence-corrected chi connectivity index (χ4v) is 3.74. The van der Waals surface area contributed by atoms with Crippen molar-refractivity contribution in [2.75, 3.05) is 13.1 Å². The summed E-state index contributed by atoms with van der Waals surface area (Å²) in [5, 5.41) is 15.1. The smallest absolute Gasteiger partial charge is 0.229 e. The van der Waals surface area contributed by atoms with E-state index in [1.165, 1.54) is 5.69 Å². The van der Waals surface area contributed by atoms with E-state index in [-0.39, 0.29) is 0 Å². The molecule has 130 valence electrons. The maximum absolute atomic E-state index is 11.0. The van der Waals surface area contributed by atoms with E-state index < -0.39 is 5.60 Å². The zero-order valence-corrected chi connectivity index (χ0v) is 14.3. The van der Waals surface area contributed by atoms with Gasteiger partial charge in [-0.15, -0.1) is 0 Å². The van der Waals surface area contributed by atoms with E-state index in [1.54, 1.807) is 0 Å². The molecule has 1 N–H and O–H groups in total. The predicted octanol–water partition coefficient (Wildman–Crippen LogP) is 2.34. The second kappa shape index (κ2) is 6.33. The minimum atomic E-state index is -0.769. The summed E-state index contributed by atoms with van der Waals surface area (Å²) < 4.78 is 7.63. The third kappa shape index (κ3) is 3.39. The lowest BCUT2D eigenvalue weighted by Crippen LogP contribution is -2.49. The van der Waals surface area contributed by atoms with Crippen molar-refractivity contribution >= 4 is 0 Å². The molecule has 4 rings (SSSR count). The molecule has 2 aromatic rings. The van der Waals surface area contributed by atoms with Gasteiger partial charge in [0.15, 0.2) is 5.82 Å². The van der Waals surface area contributed by atoms with Crippen molar-refractivity contribution in [1.29, 1.82) is 0 Å². The highest BCUT2D eigenvalue weighted by atomic mass is 16.5. The molecule has 1 atom stereocenters. The van der Waals surface area contributed by atoms with Crippen LogP contribution in [-0.2, 0) is 19.5 Å². The molecule has 6 heteroatoms. The van der Waals surface area contributed by atoms with Crippen LogP contribution in [0.1, 0.15) is 55.9 Å². The van der Waals surface area contributed by atoms with Gasteiger partial charge in [0.25, 0.3) is 0 Å². The number of rotatable bonds is 6. The number of hydrogen-bond donors (Lipinski definition) is 1. The largest absolute Gasteiger partial charge is 0.388 e. The molecule has 2 aliphatic rings. The van der Waals surface area contributed by atoms with Gasteiger partial charge in [-0.1, -0.05) is 5.16 Å². The van der Waals surface area contributed by atoms with Gasteiger partial charge >= 0.3 is 0 Å². The van der Waals surface area contributed by atoms with Gasteiger partial charge in [-0.25, -0.2) is 0 Å². The van der Waals surface area contributed by atoms with Crippen LogP contribution in [0.2, 0.25) is 0 Å². The van der Waals surface area contributed by atoms with Crippen LogP contribution in [0.15, 0.2) is 22.9 Å². The highest BCUT2D eigenvalue weighted by Gasteiger charge is 2.36. The molecule has 0 radical (unpaired) electrons. The Labute approximate surface area is 142 Å². The van der Waals surface area contributed by atoms with Gasteiger partial charge in [0.1, 0.15) is 0 Å². The Morgan fingerprint density at radius 3 is 3.08 bits per heavy atom. The molecule has 6 nitrogen and oxygen atoms in total. The maximum atomic E-state index is 11.0. The molecule has 1 aliphatic carbocycles. The van der Waals surface area contributed by atoms with Crippen molar-refractivity contribution < 1.29 is 9.63 Å². The minimum Gasteiger partial charge on any atom is -0.388 e. The van der Waals surface area contributed by atoms with E-state index in [0.717, 1.165) is 51.1 Å². The zero-order chi connectivity index (χ0) is 16.6. The third-order valence-corrected chi connectivity index (χ3v) is 5.19. The summed E-state index contributed by atoms with van der Waals surface area (Å²) >= 11 is 0. The molecule has 1 aliphatic heterocycles. The highest BCUT2D eigenvalue weighted by molar-refractivity contribution is 5.08. The van der Waals surface area contributed by atoms with Gasteiger partial charge in [-0.3, -0.25) is 4.90 Å². The first-order valence-corrected chi connectivity index (χ1v) is 9.06. The van der Waals surface area contributed by atoms with Crippen LogP contribution in [0.5, 0.6) is 0 Å². The molecule has 1 saturated heterocycles. The Bertz CT molecular complexity index is 691. The molecular weight excluding hydrogens is 304 g/mol. The summed E-state index contributed by atoms with van der Waals surface area (Å²) in [6, 6.07) is 4.25. The van der Waals surface area contributed by atoms with E-state index >= 15 is 0 Å². The van der Waals surface area contributed by atoms with Gasteiger partial charge in [-0.05, 0) is 51.3 Å². The average molecular weight is 330 g/mol. The van der Waals surface area contributed by atoms with Crippen LogP contribution in [0, 0.1) is 0 Å². The molecule has 24 heavy (non-hydrogen) atoms. The van der Waals surface area contributed by atoms with Crippen molar-refractivity contribution in [2.45, 2.75) is 63.6 Å². The SMILES string of the molecule is CCn1cccc1CN1CCCC(O)(Cc2nc(C3CC3)no2)C1. The van der Waals surface area contributed by atoms with Gasteiger partial charge in [0.2, 0.25) is 5.89 Å². The minimum absolute atomic E-state index is 0.456. The van der Waals surface area contributed by atoms with Crippen molar-refractivity contribution in [2.24, 2.45) is 0 Å². The number of hydrogen-bond acceptors (Lipinski definition) is 5. The summed E-state index contributed by atoms with van der Waals surface area (Å²) in [6.07, 6.45) is 6.68. The Morgan fingerprint density at radius 1 is 1.42 bits per heavy atom. The summed E-state index contributed by atoms with van der Waals surface area (Å²) in [5.41, 5.74) is 0.533. The van der Waals surface area contributed by atoms with E-state index in [9.17, 15) is 5.11 Å². The fraction of sp³-hybridized carbons (Fsp3) is 0.667. The first-order chi connectivity index (χ1) is 11.6. The average Bonchev–Trinajstić information content (AvgIpc) is 3.15. The summed E-state index contributed by atoms with van der Waals surface area (Å²) in [4.78, 5) is 6.82. The second-order valence-corrected chi connectivity index (χ2v) is 7.32.